The standard InChI is InChI=1S/C69H122O6/c1-4-7-10-13-16-19-22-25-27-29-31-32-33-34-35-36-38-39-41-44-47-50-53-56-59-62-68(71)74-65-66(64-73-67(70)61-58-55-52-49-46-43-24-21-18-15-12-9-6-3)75-69(72)63-60-57-54-51-48-45-42-40-37-30-28-26-23-20-17-14-11-8-5-2/h9,12,18,21,26,28-29,31,43,46,52,55,66H,4-8,10-11,13-17,19-20,22-25,27,30,32-42,44-45,47-51,53-54,56-65H2,1-3H3/b12-9-,21-18-,28-26-,31-29-,46-43-,55-52-. The zero-order valence-corrected chi connectivity index (χ0v) is 49.8. The van der Waals surface area contributed by atoms with Crippen LogP contribution in [0.15, 0.2) is 72.9 Å². The van der Waals surface area contributed by atoms with Crippen LogP contribution in [0.5, 0.6) is 0 Å². The zero-order chi connectivity index (χ0) is 54.3. The predicted molar refractivity (Wildman–Crippen MR) is 325 cm³/mol. The van der Waals surface area contributed by atoms with E-state index in [1.54, 1.807) is 0 Å². The molecule has 75 heavy (non-hydrogen) atoms. The fourth-order valence-corrected chi connectivity index (χ4v) is 9.33. The van der Waals surface area contributed by atoms with Gasteiger partial charge in [-0.1, -0.05) is 286 Å². The van der Waals surface area contributed by atoms with Crippen LogP contribution in [0.3, 0.4) is 0 Å². The van der Waals surface area contributed by atoms with E-state index in [9.17, 15) is 14.4 Å². The number of hydrogen-bond acceptors (Lipinski definition) is 6. The number of unbranched alkanes of at least 4 members (excludes halogenated alkanes) is 36. The summed E-state index contributed by atoms with van der Waals surface area (Å²) in [5.41, 5.74) is 0. The Morgan fingerprint density at radius 2 is 0.547 bits per heavy atom. The summed E-state index contributed by atoms with van der Waals surface area (Å²) in [6.07, 6.45) is 82.2. The summed E-state index contributed by atoms with van der Waals surface area (Å²) in [5.74, 6) is -0.970. The van der Waals surface area contributed by atoms with E-state index in [0.717, 1.165) is 64.2 Å². The van der Waals surface area contributed by atoms with Crippen molar-refractivity contribution in [2.24, 2.45) is 0 Å². The Labute approximate surface area is 465 Å². The Bertz CT molecular complexity index is 1390. The molecule has 0 fully saturated rings. The van der Waals surface area contributed by atoms with Crippen molar-refractivity contribution < 1.29 is 28.6 Å². The minimum Gasteiger partial charge on any atom is -0.462 e. The van der Waals surface area contributed by atoms with Crippen LogP contribution in [-0.4, -0.2) is 37.2 Å². The third-order valence-electron chi connectivity index (χ3n) is 14.2. The molecule has 6 heteroatoms. The monoisotopic (exact) mass is 1050 g/mol. The average molecular weight is 1050 g/mol. The largest absolute Gasteiger partial charge is 0.462 e. The van der Waals surface area contributed by atoms with Crippen LogP contribution in [0.2, 0.25) is 0 Å². The van der Waals surface area contributed by atoms with Gasteiger partial charge in [0.05, 0.1) is 0 Å². The van der Waals surface area contributed by atoms with E-state index in [1.165, 1.54) is 218 Å². The molecule has 434 valence electrons. The van der Waals surface area contributed by atoms with Crippen LogP contribution in [0, 0.1) is 0 Å². The molecular weight excluding hydrogens is 925 g/mol. The highest BCUT2D eigenvalue weighted by Crippen LogP contribution is 2.17. The molecule has 1 atom stereocenters. The second kappa shape index (κ2) is 63.4. The van der Waals surface area contributed by atoms with E-state index < -0.39 is 6.10 Å². The molecule has 6 nitrogen and oxygen atoms in total. The van der Waals surface area contributed by atoms with E-state index in [-0.39, 0.29) is 37.5 Å². The molecule has 0 amide bonds. The molecule has 0 saturated heterocycles. The van der Waals surface area contributed by atoms with E-state index in [4.69, 9.17) is 14.2 Å². The fraction of sp³-hybridized carbons (Fsp3) is 0.783. The summed E-state index contributed by atoms with van der Waals surface area (Å²) in [6.45, 7) is 6.49. The van der Waals surface area contributed by atoms with Gasteiger partial charge in [0.1, 0.15) is 13.2 Å². The van der Waals surface area contributed by atoms with Gasteiger partial charge in [0, 0.05) is 19.3 Å². The van der Waals surface area contributed by atoms with Gasteiger partial charge >= 0.3 is 17.9 Å². The molecule has 0 aliphatic carbocycles. The summed E-state index contributed by atoms with van der Waals surface area (Å²) in [4.78, 5) is 38.2. The van der Waals surface area contributed by atoms with E-state index in [1.807, 2.05) is 6.08 Å². The Morgan fingerprint density at radius 3 is 0.893 bits per heavy atom. The Kier molecular flexibility index (Phi) is 60.7. The molecule has 0 aromatic carbocycles. The van der Waals surface area contributed by atoms with Crippen molar-refractivity contribution >= 4 is 17.9 Å². The van der Waals surface area contributed by atoms with Gasteiger partial charge in [-0.3, -0.25) is 14.4 Å². The van der Waals surface area contributed by atoms with Gasteiger partial charge in [0.2, 0.25) is 0 Å². The van der Waals surface area contributed by atoms with Gasteiger partial charge in [-0.15, -0.1) is 0 Å². The van der Waals surface area contributed by atoms with Crippen molar-refractivity contribution in [2.75, 3.05) is 13.2 Å². The Balaban J connectivity index is 4.31. The quantitative estimate of drug-likeness (QED) is 0.0261. The lowest BCUT2D eigenvalue weighted by atomic mass is 10.0. The van der Waals surface area contributed by atoms with E-state index >= 15 is 0 Å². The van der Waals surface area contributed by atoms with E-state index in [0.29, 0.717) is 19.3 Å². The van der Waals surface area contributed by atoms with Gasteiger partial charge in [0.15, 0.2) is 6.10 Å². The molecule has 0 heterocycles. The highest BCUT2D eigenvalue weighted by Gasteiger charge is 2.19. The van der Waals surface area contributed by atoms with Crippen molar-refractivity contribution in [3.05, 3.63) is 72.9 Å². The number of carbonyl (C=O) groups is 3. The molecule has 0 radical (unpaired) electrons. The molecule has 0 aliphatic rings. The first-order valence-corrected chi connectivity index (χ1v) is 32.4. The first kappa shape index (κ1) is 71.8. The minimum absolute atomic E-state index is 0.0962. The number of hydrogen-bond donors (Lipinski definition) is 0. The number of ether oxygens (including phenoxy) is 3. The lowest BCUT2D eigenvalue weighted by molar-refractivity contribution is -0.166. The average Bonchev–Trinajstić information content (AvgIpc) is 3.41. The summed E-state index contributed by atoms with van der Waals surface area (Å²) in [5, 5.41) is 0. The highest BCUT2D eigenvalue weighted by atomic mass is 16.6. The van der Waals surface area contributed by atoms with Crippen LogP contribution >= 0.6 is 0 Å². The highest BCUT2D eigenvalue weighted by molar-refractivity contribution is 5.71. The Morgan fingerprint density at radius 1 is 0.280 bits per heavy atom. The Hall–Kier alpha value is -3.15. The zero-order valence-electron chi connectivity index (χ0n) is 49.8. The number of carbonyl (C=O) groups excluding carboxylic acids is 3. The van der Waals surface area contributed by atoms with Gasteiger partial charge in [-0.2, -0.15) is 0 Å². The molecule has 0 aromatic heterocycles. The lowest BCUT2D eigenvalue weighted by Gasteiger charge is -2.18. The maximum atomic E-state index is 12.9. The normalized spacial score (nSPS) is 12.5. The third-order valence-corrected chi connectivity index (χ3v) is 14.2. The molecule has 1 unspecified atom stereocenters. The van der Waals surface area contributed by atoms with Crippen LogP contribution in [-0.2, 0) is 28.6 Å². The number of rotatable bonds is 59. The SMILES string of the molecule is CC/C=C\C/C=C\C/C=C\C/C=C\CCC(=O)OCC(COC(=O)CCCCCCCCCCCCCCC/C=C\CCCCCCCCCC)OC(=O)CCCCCCCCCCC/C=C\CCCCCCCC. The summed E-state index contributed by atoms with van der Waals surface area (Å²) < 4.78 is 16.9. The molecule has 0 aliphatic heterocycles. The molecule has 0 spiro atoms. The lowest BCUT2D eigenvalue weighted by Crippen LogP contribution is -2.30. The molecule has 0 bridgehead atoms. The fourth-order valence-electron chi connectivity index (χ4n) is 9.33. The summed E-state index contributed by atoms with van der Waals surface area (Å²) >= 11 is 0. The van der Waals surface area contributed by atoms with Gasteiger partial charge in [-0.25, -0.2) is 0 Å². The second-order valence-electron chi connectivity index (χ2n) is 21.6. The second-order valence-corrected chi connectivity index (χ2v) is 21.6. The van der Waals surface area contributed by atoms with Gasteiger partial charge in [0.25, 0.3) is 0 Å². The molecule has 0 rings (SSSR count). The van der Waals surface area contributed by atoms with Crippen LogP contribution < -0.4 is 0 Å². The van der Waals surface area contributed by atoms with Gasteiger partial charge in [-0.05, 0) is 96.3 Å². The van der Waals surface area contributed by atoms with Crippen molar-refractivity contribution in [2.45, 2.75) is 335 Å². The van der Waals surface area contributed by atoms with E-state index in [2.05, 4.69) is 87.6 Å². The van der Waals surface area contributed by atoms with Crippen molar-refractivity contribution in [3.63, 3.8) is 0 Å². The topological polar surface area (TPSA) is 78.9 Å². The third kappa shape index (κ3) is 61.6. The number of allylic oxidation sites excluding steroid dienone is 12. The molecule has 0 aromatic rings. The smallest absolute Gasteiger partial charge is 0.306 e. The van der Waals surface area contributed by atoms with Crippen LogP contribution in [0.25, 0.3) is 0 Å². The first-order chi connectivity index (χ1) is 37.0. The van der Waals surface area contributed by atoms with Crippen molar-refractivity contribution in [1.29, 1.82) is 0 Å². The molecule has 0 saturated carbocycles. The summed E-state index contributed by atoms with van der Waals surface area (Å²) in [6, 6.07) is 0. The van der Waals surface area contributed by atoms with Crippen LogP contribution in [0.4, 0.5) is 0 Å². The maximum Gasteiger partial charge on any atom is 0.306 e. The molecule has 0 N–H and O–H groups in total. The van der Waals surface area contributed by atoms with Crippen molar-refractivity contribution in [1.82, 2.24) is 0 Å². The van der Waals surface area contributed by atoms with Gasteiger partial charge < -0.3 is 14.2 Å². The molecular formula is C69H122O6. The maximum absolute atomic E-state index is 12.9. The predicted octanol–water partition coefficient (Wildman–Crippen LogP) is 22.1. The first-order valence-electron chi connectivity index (χ1n) is 32.4. The summed E-state index contributed by atoms with van der Waals surface area (Å²) in [7, 11) is 0. The minimum atomic E-state index is -0.805. The number of esters is 3. The van der Waals surface area contributed by atoms with Crippen LogP contribution in [0.1, 0.15) is 329 Å². The van der Waals surface area contributed by atoms with Crippen molar-refractivity contribution in [3.8, 4) is 0 Å².